The minimum Gasteiger partial charge on any atom is -0.311 e. The molecule has 10 rings (SSSR count). The number of hydrogen-bond acceptors (Lipinski definition) is 1. The van der Waals surface area contributed by atoms with Gasteiger partial charge in [0, 0.05) is 33.5 Å². The molecule has 0 spiro atoms. The van der Waals surface area contributed by atoms with Gasteiger partial charge in [0.25, 0.3) is 0 Å². The van der Waals surface area contributed by atoms with E-state index in [0.717, 1.165) is 39.4 Å². The number of halogens is 1. The molecule has 55 heavy (non-hydrogen) atoms. The summed E-state index contributed by atoms with van der Waals surface area (Å²) in [7, 11) is 0. The smallest absolute Gasteiger partial charge is 0.123 e. The molecule has 0 saturated heterocycles. The van der Waals surface area contributed by atoms with Crippen LogP contribution in [-0.4, -0.2) is 4.57 Å². The van der Waals surface area contributed by atoms with Crippen LogP contribution in [0.4, 0.5) is 21.5 Å². The van der Waals surface area contributed by atoms with Crippen molar-refractivity contribution in [2.24, 2.45) is 0 Å². The van der Waals surface area contributed by atoms with Crippen molar-refractivity contribution in [1.29, 1.82) is 0 Å². The second kappa shape index (κ2) is 13.6. The van der Waals surface area contributed by atoms with Crippen molar-refractivity contribution >= 4 is 49.6 Å². The molecule has 2 nitrogen and oxygen atoms in total. The van der Waals surface area contributed by atoms with E-state index in [1.165, 1.54) is 61.4 Å². The first-order chi connectivity index (χ1) is 27.2. The number of fused-ring (bicyclic) bond motifs is 4. The normalized spacial score (nSPS) is 11.4. The van der Waals surface area contributed by atoms with E-state index >= 15 is 0 Å². The molecule has 1 heterocycles. The van der Waals surface area contributed by atoms with Crippen LogP contribution in [0.3, 0.4) is 0 Å². The van der Waals surface area contributed by atoms with Crippen LogP contribution in [0.1, 0.15) is 0 Å². The fourth-order valence-electron chi connectivity index (χ4n) is 7.97. The van der Waals surface area contributed by atoms with E-state index in [9.17, 15) is 4.39 Å². The first-order valence-corrected chi connectivity index (χ1v) is 18.6. The predicted molar refractivity (Wildman–Crippen MR) is 229 cm³/mol. The Labute approximate surface area is 319 Å². The molecule has 0 saturated carbocycles. The van der Waals surface area contributed by atoms with Gasteiger partial charge in [-0.2, -0.15) is 0 Å². The minimum absolute atomic E-state index is 0.236. The zero-order chi connectivity index (χ0) is 36.7. The Morgan fingerprint density at radius 1 is 0.327 bits per heavy atom. The zero-order valence-corrected chi connectivity index (χ0v) is 30.0. The van der Waals surface area contributed by atoms with Gasteiger partial charge in [-0.1, -0.05) is 140 Å². The highest BCUT2D eigenvalue weighted by Crippen LogP contribution is 2.39. The van der Waals surface area contributed by atoms with Crippen LogP contribution in [-0.2, 0) is 0 Å². The third-order valence-electron chi connectivity index (χ3n) is 10.7. The van der Waals surface area contributed by atoms with Crippen LogP contribution in [0.5, 0.6) is 0 Å². The van der Waals surface area contributed by atoms with Crippen LogP contribution in [0.15, 0.2) is 212 Å². The molecule has 0 aliphatic rings. The van der Waals surface area contributed by atoms with Gasteiger partial charge >= 0.3 is 0 Å². The molecule has 0 N–H and O–H groups in total. The van der Waals surface area contributed by atoms with Crippen LogP contribution in [0.25, 0.3) is 71.6 Å². The Bertz CT molecular complexity index is 2880. The van der Waals surface area contributed by atoms with Crippen molar-refractivity contribution in [3.8, 4) is 39.1 Å². The zero-order valence-electron chi connectivity index (χ0n) is 30.0. The van der Waals surface area contributed by atoms with Gasteiger partial charge in [-0.25, -0.2) is 4.39 Å². The highest BCUT2D eigenvalue weighted by atomic mass is 19.1. The Balaban J connectivity index is 1.01. The molecule has 1 aromatic heterocycles. The van der Waals surface area contributed by atoms with Gasteiger partial charge in [-0.15, -0.1) is 0 Å². The molecule has 0 aliphatic carbocycles. The maximum Gasteiger partial charge on any atom is 0.123 e. The Hall–Kier alpha value is -7.23. The summed E-state index contributed by atoms with van der Waals surface area (Å²) < 4.78 is 16.0. The van der Waals surface area contributed by atoms with Crippen molar-refractivity contribution in [3.05, 3.63) is 218 Å². The van der Waals surface area contributed by atoms with Crippen LogP contribution < -0.4 is 4.90 Å². The summed E-state index contributed by atoms with van der Waals surface area (Å²) >= 11 is 0. The average Bonchev–Trinajstić information content (AvgIpc) is 3.59. The van der Waals surface area contributed by atoms with Gasteiger partial charge in [0.15, 0.2) is 0 Å². The second-order valence-electron chi connectivity index (χ2n) is 13.9. The maximum absolute atomic E-state index is 13.7. The maximum atomic E-state index is 13.7. The molecule has 0 atom stereocenters. The molecular weight excluding hydrogens is 672 g/mol. The first-order valence-electron chi connectivity index (χ1n) is 18.6. The topological polar surface area (TPSA) is 8.17 Å². The van der Waals surface area contributed by atoms with Gasteiger partial charge in [0.05, 0.1) is 11.0 Å². The molecule has 0 radical (unpaired) electrons. The predicted octanol–water partition coefficient (Wildman–Crippen LogP) is 14.5. The van der Waals surface area contributed by atoms with Crippen molar-refractivity contribution in [2.75, 3.05) is 4.90 Å². The Kier molecular flexibility index (Phi) is 8.04. The van der Waals surface area contributed by atoms with Crippen molar-refractivity contribution < 1.29 is 4.39 Å². The fraction of sp³-hybridized carbons (Fsp3) is 0. The first kappa shape index (κ1) is 32.4. The highest BCUT2D eigenvalue weighted by molar-refractivity contribution is 6.09. The fourth-order valence-corrected chi connectivity index (χ4v) is 7.97. The number of rotatable bonds is 7. The molecule has 0 unspecified atom stereocenters. The quantitative estimate of drug-likeness (QED) is 0.160. The lowest BCUT2D eigenvalue weighted by molar-refractivity contribution is 0.628. The van der Waals surface area contributed by atoms with E-state index < -0.39 is 0 Å². The number of aromatic nitrogens is 1. The van der Waals surface area contributed by atoms with E-state index in [0.29, 0.717) is 0 Å². The summed E-state index contributed by atoms with van der Waals surface area (Å²) in [6.07, 6.45) is 0. The monoisotopic (exact) mass is 706 g/mol. The third-order valence-corrected chi connectivity index (χ3v) is 10.7. The van der Waals surface area contributed by atoms with Crippen LogP contribution in [0, 0.1) is 5.82 Å². The standard InChI is InChI=1S/C52H35FN2/c53-42-26-20-37(21-27-42)39-24-30-44(31-25-39)54(45-32-34-46(35-33-45)55-51-14-5-3-11-49(51)50-12-4-6-15-52(50)55)43-28-22-38(23-29-43)36-16-18-41(19-17-36)48-13-7-9-40-8-1-2-10-47(40)48/h1-35H. The molecule has 9 aromatic carbocycles. The van der Waals surface area contributed by atoms with E-state index in [1.807, 2.05) is 12.1 Å². The van der Waals surface area contributed by atoms with Crippen molar-refractivity contribution in [2.45, 2.75) is 0 Å². The van der Waals surface area contributed by atoms with Crippen molar-refractivity contribution in [3.63, 3.8) is 0 Å². The summed E-state index contributed by atoms with van der Waals surface area (Å²) in [6, 6.07) is 73.9. The molecule has 0 bridgehead atoms. The third kappa shape index (κ3) is 5.93. The summed E-state index contributed by atoms with van der Waals surface area (Å²) in [5.41, 5.74) is 13.4. The minimum atomic E-state index is -0.236. The number of hydrogen-bond donors (Lipinski definition) is 0. The molecule has 0 amide bonds. The molecule has 0 fully saturated rings. The number of para-hydroxylation sites is 2. The van der Waals surface area contributed by atoms with E-state index in [2.05, 4.69) is 198 Å². The Morgan fingerprint density at radius 2 is 0.727 bits per heavy atom. The van der Waals surface area contributed by atoms with Gasteiger partial charge in [-0.05, 0) is 117 Å². The molecular formula is C52H35FN2. The van der Waals surface area contributed by atoms with Crippen LogP contribution in [0.2, 0.25) is 0 Å². The number of benzene rings is 9. The highest BCUT2D eigenvalue weighted by Gasteiger charge is 2.16. The van der Waals surface area contributed by atoms with Gasteiger partial charge in [0.1, 0.15) is 5.82 Å². The SMILES string of the molecule is Fc1ccc(-c2ccc(N(c3ccc(-c4ccc(-c5cccc6ccccc56)cc4)cc3)c3ccc(-n4c5ccccc5c5ccccc54)cc3)cc2)cc1. The second-order valence-corrected chi connectivity index (χ2v) is 13.9. The summed E-state index contributed by atoms with van der Waals surface area (Å²) in [5, 5.41) is 4.99. The van der Waals surface area contributed by atoms with E-state index in [-0.39, 0.29) is 5.82 Å². The lowest BCUT2D eigenvalue weighted by Gasteiger charge is -2.26. The van der Waals surface area contributed by atoms with E-state index in [1.54, 1.807) is 0 Å². The molecule has 0 aliphatic heterocycles. The van der Waals surface area contributed by atoms with E-state index in [4.69, 9.17) is 0 Å². The summed E-state index contributed by atoms with van der Waals surface area (Å²) in [4.78, 5) is 2.29. The van der Waals surface area contributed by atoms with Gasteiger partial charge in [-0.3, -0.25) is 0 Å². The molecule has 10 aromatic rings. The Morgan fingerprint density at radius 3 is 1.27 bits per heavy atom. The van der Waals surface area contributed by atoms with Crippen LogP contribution >= 0.6 is 0 Å². The number of anilines is 3. The summed E-state index contributed by atoms with van der Waals surface area (Å²) in [5.74, 6) is -0.236. The molecule has 260 valence electrons. The number of nitrogens with zero attached hydrogens (tertiary/aromatic N) is 2. The lowest BCUT2D eigenvalue weighted by Crippen LogP contribution is -2.10. The van der Waals surface area contributed by atoms with Gasteiger partial charge in [0.2, 0.25) is 0 Å². The molecule has 3 heteroatoms. The lowest BCUT2D eigenvalue weighted by atomic mass is 9.96. The summed E-state index contributed by atoms with van der Waals surface area (Å²) in [6.45, 7) is 0. The van der Waals surface area contributed by atoms with Crippen molar-refractivity contribution in [1.82, 2.24) is 4.57 Å². The van der Waals surface area contributed by atoms with Gasteiger partial charge < -0.3 is 9.47 Å². The average molecular weight is 707 g/mol. The largest absolute Gasteiger partial charge is 0.311 e.